The molecule has 30 heavy (non-hydrogen) atoms. The Morgan fingerprint density at radius 3 is 2.37 bits per heavy atom. The number of carbonyl (C=O) groups is 1. The minimum Gasteiger partial charge on any atom is -0.369 e. The summed E-state index contributed by atoms with van der Waals surface area (Å²) >= 11 is 1.66. The fraction of sp³-hybridized carbons (Fsp3) is 0.333. The maximum Gasteiger partial charge on any atom is 0.221 e. The van der Waals surface area contributed by atoms with E-state index in [0.717, 1.165) is 21.8 Å². The summed E-state index contributed by atoms with van der Waals surface area (Å²) in [5.41, 5.74) is 7.98. The van der Waals surface area contributed by atoms with E-state index in [9.17, 15) is 9.18 Å². The molecule has 2 heterocycles. The number of benzene rings is 1. The van der Waals surface area contributed by atoms with Crippen LogP contribution in [0.1, 0.15) is 39.5 Å². The maximum atomic E-state index is 14.8. The first-order chi connectivity index (χ1) is 14.3. The Balaban J connectivity index is 1.60. The van der Waals surface area contributed by atoms with Crippen molar-refractivity contribution in [1.29, 1.82) is 0 Å². The summed E-state index contributed by atoms with van der Waals surface area (Å²) in [7, 11) is 0. The molecule has 3 aromatic rings. The number of amides is 1. The number of aromatic nitrogens is 3. The van der Waals surface area contributed by atoms with Crippen LogP contribution in [0, 0.1) is 19.7 Å². The van der Waals surface area contributed by atoms with Gasteiger partial charge in [0.05, 0.1) is 17.1 Å². The predicted octanol–water partition coefficient (Wildman–Crippen LogP) is 3.54. The van der Waals surface area contributed by atoms with E-state index in [1.165, 1.54) is 11.2 Å². The Labute approximate surface area is 179 Å². The molecule has 1 atom stereocenters. The van der Waals surface area contributed by atoms with Gasteiger partial charge in [-0.3, -0.25) is 4.79 Å². The Bertz CT molecular complexity index is 1020. The van der Waals surface area contributed by atoms with Crippen molar-refractivity contribution in [2.24, 2.45) is 5.73 Å². The molecular formula is C21H25FN6OS. The van der Waals surface area contributed by atoms with Crippen LogP contribution in [-0.2, 0) is 17.8 Å². The molecular weight excluding hydrogens is 403 g/mol. The van der Waals surface area contributed by atoms with Gasteiger partial charge in [-0.25, -0.2) is 15.0 Å². The van der Waals surface area contributed by atoms with Crippen LogP contribution in [0.3, 0.4) is 0 Å². The summed E-state index contributed by atoms with van der Waals surface area (Å²) in [4.78, 5) is 24.7. The Hall–Kier alpha value is -3.07. The minimum atomic E-state index is -0.521. The third kappa shape index (κ3) is 5.50. The first kappa shape index (κ1) is 21.6. The lowest BCUT2D eigenvalue weighted by molar-refractivity contribution is -0.117. The van der Waals surface area contributed by atoms with Crippen LogP contribution in [0.15, 0.2) is 30.6 Å². The van der Waals surface area contributed by atoms with Crippen molar-refractivity contribution in [2.75, 3.05) is 17.2 Å². The van der Waals surface area contributed by atoms with Crippen molar-refractivity contribution >= 4 is 28.9 Å². The summed E-state index contributed by atoms with van der Waals surface area (Å²) in [5, 5.41) is 7.10. The molecule has 0 bridgehead atoms. The zero-order chi connectivity index (χ0) is 21.7. The number of aryl methyl sites for hydroxylation is 2. The fourth-order valence-electron chi connectivity index (χ4n) is 3.12. The standard InChI is InChI=1S/C21H25FN6OS/c1-12(19-13(2)28-14(3)30-19)9-24-20-18(22)21(27-11-26-20)25-10-16-6-4-15(5-7-16)8-17(23)29/h4-7,11-12H,8-10H2,1-3H3,(H2,23,29)(H2,24,25,26,27). The van der Waals surface area contributed by atoms with Crippen LogP contribution >= 0.6 is 11.3 Å². The smallest absolute Gasteiger partial charge is 0.221 e. The number of thiazole rings is 1. The van der Waals surface area contributed by atoms with E-state index >= 15 is 0 Å². The van der Waals surface area contributed by atoms with Gasteiger partial charge in [-0.1, -0.05) is 31.2 Å². The second kappa shape index (κ2) is 9.62. The second-order valence-electron chi connectivity index (χ2n) is 7.16. The molecule has 1 aromatic carbocycles. The molecule has 158 valence electrons. The van der Waals surface area contributed by atoms with Crippen LogP contribution < -0.4 is 16.4 Å². The lowest BCUT2D eigenvalue weighted by atomic mass is 10.1. The van der Waals surface area contributed by atoms with Gasteiger partial charge < -0.3 is 16.4 Å². The van der Waals surface area contributed by atoms with Crippen LogP contribution in [0.2, 0.25) is 0 Å². The van der Waals surface area contributed by atoms with Crippen molar-refractivity contribution < 1.29 is 9.18 Å². The topological polar surface area (TPSA) is 106 Å². The quantitative estimate of drug-likeness (QED) is 0.481. The van der Waals surface area contributed by atoms with Gasteiger partial charge in [0.25, 0.3) is 0 Å². The first-order valence-corrected chi connectivity index (χ1v) is 10.4. The van der Waals surface area contributed by atoms with Gasteiger partial charge in [0.2, 0.25) is 11.7 Å². The molecule has 0 saturated carbocycles. The van der Waals surface area contributed by atoms with Crippen molar-refractivity contribution in [2.45, 2.75) is 39.7 Å². The third-order valence-electron chi connectivity index (χ3n) is 4.61. The number of nitrogens with zero attached hydrogens (tertiary/aromatic N) is 3. The molecule has 0 aliphatic carbocycles. The summed E-state index contributed by atoms with van der Waals surface area (Å²) in [5.74, 6) is -0.423. The monoisotopic (exact) mass is 428 g/mol. The van der Waals surface area contributed by atoms with Crippen molar-refractivity contribution in [1.82, 2.24) is 15.0 Å². The molecule has 1 unspecified atom stereocenters. The predicted molar refractivity (Wildman–Crippen MR) is 117 cm³/mol. The highest BCUT2D eigenvalue weighted by atomic mass is 32.1. The SMILES string of the molecule is Cc1nc(C)c(C(C)CNc2ncnc(NCc3ccc(CC(N)=O)cc3)c2F)s1. The number of halogens is 1. The Morgan fingerprint density at radius 1 is 1.13 bits per heavy atom. The van der Waals surface area contributed by atoms with Gasteiger partial charge in [-0.2, -0.15) is 4.39 Å². The third-order valence-corrected chi connectivity index (χ3v) is 5.92. The lowest BCUT2D eigenvalue weighted by Crippen LogP contribution is -2.14. The number of carbonyl (C=O) groups excluding carboxylic acids is 1. The van der Waals surface area contributed by atoms with Crippen LogP contribution in [0.25, 0.3) is 0 Å². The molecule has 0 saturated heterocycles. The van der Waals surface area contributed by atoms with Crippen molar-refractivity contribution in [3.05, 3.63) is 63.1 Å². The van der Waals surface area contributed by atoms with E-state index in [-0.39, 0.29) is 29.9 Å². The van der Waals surface area contributed by atoms with Crippen LogP contribution in [0.5, 0.6) is 0 Å². The van der Waals surface area contributed by atoms with Crippen LogP contribution in [0.4, 0.5) is 16.0 Å². The zero-order valence-electron chi connectivity index (χ0n) is 17.2. The summed E-state index contributed by atoms with van der Waals surface area (Å²) in [6.45, 7) is 6.97. The average Bonchev–Trinajstić information content (AvgIpc) is 3.05. The van der Waals surface area contributed by atoms with E-state index < -0.39 is 5.82 Å². The molecule has 3 rings (SSSR count). The highest BCUT2D eigenvalue weighted by Gasteiger charge is 2.16. The largest absolute Gasteiger partial charge is 0.369 e. The van der Waals surface area contributed by atoms with Gasteiger partial charge in [0.1, 0.15) is 6.33 Å². The van der Waals surface area contributed by atoms with Gasteiger partial charge in [0.15, 0.2) is 11.6 Å². The molecule has 0 aliphatic heterocycles. The summed E-state index contributed by atoms with van der Waals surface area (Å²) in [6.07, 6.45) is 1.53. The minimum absolute atomic E-state index is 0.131. The lowest BCUT2D eigenvalue weighted by Gasteiger charge is -2.14. The van der Waals surface area contributed by atoms with E-state index in [1.54, 1.807) is 11.3 Å². The first-order valence-electron chi connectivity index (χ1n) is 9.61. The van der Waals surface area contributed by atoms with E-state index in [4.69, 9.17) is 5.73 Å². The molecule has 0 fully saturated rings. The zero-order valence-corrected chi connectivity index (χ0v) is 18.0. The van der Waals surface area contributed by atoms with Gasteiger partial charge in [-0.05, 0) is 25.0 Å². The highest BCUT2D eigenvalue weighted by molar-refractivity contribution is 7.11. The van der Waals surface area contributed by atoms with Crippen molar-refractivity contribution in [3.8, 4) is 0 Å². The summed E-state index contributed by atoms with van der Waals surface area (Å²) < 4.78 is 14.8. The van der Waals surface area contributed by atoms with Gasteiger partial charge in [0, 0.05) is 23.9 Å². The summed E-state index contributed by atoms with van der Waals surface area (Å²) in [6, 6.07) is 7.39. The fourth-order valence-corrected chi connectivity index (χ4v) is 4.10. The maximum absolute atomic E-state index is 14.8. The van der Waals surface area contributed by atoms with E-state index in [2.05, 4.69) is 32.5 Å². The molecule has 2 aromatic heterocycles. The number of hydrogen-bond donors (Lipinski definition) is 3. The number of nitrogens with two attached hydrogens (primary N) is 1. The molecule has 1 amide bonds. The molecule has 0 aliphatic rings. The number of nitrogens with one attached hydrogen (secondary N) is 2. The second-order valence-corrected chi connectivity index (χ2v) is 8.40. The molecule has 7 nitrogen and oxygen atoms in total. The Kier molecular flexibility index (Phi) is 6.94. The van der Waals surface area contributed by atoms with Gasteiger partial charge >= 0.3 is 0 Å². The number of hydrogen-bond acceptors (Lipinski definition) is 7. The molecule has 0 spiro atoms. The highest BCUT2D eigenvalue weighted by Crippen LogP contribution is 2.27. The molecule has 9 heteroatoms. The number of anilines is 2. The number of rotatable bonds is 9. The normalized spacial score (nSPS) is 11.9. The van der Waals surface area contributed by atoms with Gasteiger partial charge in [-0.15, -0.1) is 11.3 Å². The average molecular weight is 429 g/mol. The molecule has 0 radical (unpaired) electrons. The number of primary amides is 1. The van der Waals surface area contributed by atoms with Crippen molar-refractivity contribution in [3.63, 3.8) is 0 Å². The van der Waals surface area contributed by atoms with E-state index in [1.807, 2.05) is 38.1 Å². The molecule has 4 N–H and O–H groups in total. The van der Waals surface area contributed by atoms with E-state index in [0.29, 0.717) is 13.1 Å². The van der Waals surface area contributed by atoms with Crippen LogP contribution in [-0.4, -0.2) is 27.4 Å². The Morgan fingerprint density at radius 2 is 1.77 bits per heavy atom.